The Morgan fingerprint density at radius 2 is 1.27 bits per heavy atom. The van der Waals surface area contributed by atoms with Crippen LogP contribution in [0.4, 0.5) is 38.5 Å². The Balaban J connectivity index is 0.000000187. The number of aryl methyl sites for hydroxylation is 2. The molecule has 2 aliphatic heterocycles. The van der Waals surface area contributed by atoms with Crippen molar-refractivity contribution < 1.29 is 22.8 Å². The van der Waals surface area contributed by atoms with Crippen LogP contribution in [0.15, 0.2) is 70.5 Å². The summed E-state index contributed by atoms with van der Waals surface area (Å²) in [5.41, 5.74) is -0.244. The van der Waals surface area contributed by atoms with Crippen molar-refractivity contribution >= 4 is 69.1 Å². The summed E-state index contributed by atoms with van der Waals surface area (Å²) in [4.78, 5) is 74.1. The summed E-state index contributed by atoms with van der Waals surface area (Å²) in [6.07, 6.45) is 0. The van der Waals surface area contributed by atoms with Crippen LogP contribution in [0.1, 0.15) is 121 Å². The fraction of sp³-hybridized carbons (Fsp3) is 0.333. The lowest BCUT2D eigenvalue weighted by Gasteiger charge is -2.31. The molecule has 0 fully saturated rings. The summed E-state index contributed by atoms with van der Waals surface area (Å²) in [6, 6.07) is 10.1. The molecule has 3 atom stereocenters. The number of amides is 2. The van der Waals surface area contributed by atoms with Crippen molar-refractivity contribution in [3.63, 3.8) is 0 Å². The number of carbonyl (C=O) groups is 2. The molecule has 0 saturated carbocycles. The molecule has 0 saturated heterocycles. The minimum atomic E-state index is -0.768. The first kappa shape index (κ1) is 43.9. The molecule has 0 bridgehead atoms. The molecule has 6 N–H and O–H groups in total. The molecule has 6 aromatic rings. The molecular weight excluding hydrogens is 842 g/mol. The normalized spacial score (nSPS) is 15.6. The molecule has 2 amide bonds. The van der Waals surface area contributed by atoms with Gasteiger partial charge in [0.25, 0.3) is 33.5 Å². The van der Waals surface area contributed by atoms with Gasteiger partial charge in [0.15, 0.2) is 5.22 Å². The van der Waals surface area contributed by atoms with Crippen molar-refractivity contribution in [2.45, 2.75) is 87.0 Å². The lowest BCUT2D eigenvalue weighted by molar-refractivity contribution is 0.0953. The number of anilines is 6. The first-order valence-electron chi connectivity index (χ1n) is 19.8. The summed E-state index contributed by atoms with van der Waals surface area (Å²) < 4.78 is 26.1. The Labute approximate surface area is 365 Å². The molecular formula is C45H45Cl2FN6O8. The highest BCUT2D eigenvalue weighted by Crippen LogP contribution is 2.42. The quantitative estimate of drug-likeness (QED) is 0.0716. The smallest absolute Gasteiger partial charge is 0.254 e. The van der Waals surface area contributed by atoms with Crippen LogP contribution in [0.2, 0.25) is 10.2 Å². The summed E-state index contributed by atoms with van der Waals surface area (Å²) >= 11 is 12.1. The van der Waals surface area contributed by atoms with Gasteiger partial charge < -0.3 is 40.7 Å². The summed E-state index contributed by atoms with van der Waals surface area (Å²) in [5.74, 6) is 0.528. The Hall–Kier alpha value is -6.19. The van der Waals surface area contributed by atoms with E-state index in [1.165, 1.54) is 12.1 Å². The highest BCUT2D eigenvalue weighted by molar-refractivity contribution is 6.32. The predicted octanol–water partition coefficient (Wildman–Crippen LogP) is 8.75. The van der Waals surface area contributed by atoms with Gasteiger partial charge in [0.05, 0.1) is 40.6 Å². The molecule has 2 aromatic heterocycles. The number of furan rings is 2. The van der Waals surface area contributed by atoms with E-state index < -0.39 is 45.5 Å². The zero-order chi connectivity index (χ0) is 45.3. The van der Waals surface area contributed by atoms with E-state index in [1.807, 2.05) is 61.5 Å². The van der Waals surface area contributed by atoms with E-state index in [1.54, 1.807) is 31.2 Å². The van der Waals surface area contributed by atoms with Gasteiger partial charge in [-0.15, -0.1) is 0 Å². The molecule has 17 heteroatoms. The fourth-order valence-corrected chi connectivity index (χ4v) is 7.96. The van der Waals surface area contributed by atoms with E-state index in [0.717, 1.165) is 11.3 Å². The van der Waals surface area contributed by atoms with E-state index in [-0.39, 0.29) is 62.0 Å². The van der Waals surface area contributed by atoms with E-state index in [9.17, 15) is 33.2 Å². The van der Waals surface area contributed by atoms with Gasteiger partial charge in [-0.1, -0.05) is 59.2 Å². The van der Waals surface area contributed by atoms with E-state index in [2.05, 4.69) is 31.9 Å². The van der Waals surface area contributed by atoms with Gasteiger partial charge in [0.1, 0.15) is 45.8 Å². The van der Waals surface area contributed by atoms with Crippen LogP contribution >= 0.6 is 23.2 Å². The third-order valence-corrected chi connectivity index (χ3v) is 11.7. The van der Waals surface area contributed by atoms with E-state index in [0.29, 0.717) is 45.5 Å². The molecule has 324 valence electrons. The lowest BCUT2D eigenvalue weighted by atomic mass is 9.84. The number of halogens is 3. The van der Waals surface area contributed by atoms with Gasteiger partial charge in [-0.05, 0) is 90.7 Å². The fourth-order valence-electron chi connectivity index (χ4n) is 7.59. The maximum absolute atomic E-state index is 14.7. The molecule has 0 radical (unpaired) electrons. The third kappa shape index (κ3) is 7.90. The van der Waals surface area contributed by atoms with Crippen molar-refractivity contribution in [3.8, 4) is 0 Å². The Morgan fingerprint density at radius 3 is 1.82 bits per heavy atom. The zero-order valence-electron chi connectivity index (χ0n) is 35.4. The van der Waals surface area contributed by atoms with Crippen LogP contribution in [-0.2, 0) is 6.54 Å². The minimum Gasteiger partial charge on any atom is -0.464 e. The highest BCUT2D eigenvalue weighted by atomic mass is 35.5. The van der Waals surface area contributed by atoms with Crippen LogP contribution in [0.5, 0.6) is 0 Å². The van der Waals surface area contributed by atoms with Crippen LogP contribution in [0.3, 0.4) is 0 Å². The Morgan fingerprint density at radius 1 is 0.694 bits per heavy atom. The zero-order valence-corrected chi connectivity index (χ0v) is 36.9. The van der Waals surface area contributed by atoms with Crippen molar-refractivity contribution in [3.05, 3.63) is 145 Å². The number of fused-ring (bicyclic) bond motifs is 2. The highest BCUT2D eigenvalue weighted by Gasteiger charge is 2.37. The molecule has 2 aliphatic rings. The number of benzene rings is 2. The van der Waals surface area contributed by atoms with Gasteiger partial charge in [0, 0.05) is 17.1 Å². The largest absolute Gasteiger partial charge is 0.464 e. The predicted molar refractivity (Wildman–Crippen MR) is 238 cm³/mol. The second-order valence-electron chi connectivity index (χ2n) is 17.7. The number of carbonyl (C=O) groups excluding carboxylic acids is 2. The first-order chi connectivity index (χ1) is 29.0. The van der Waals surface area contributed by atoms with Crippen molar-refractivity contribution in [2.24, 2.45) is 10.8 Å². The molecule has 8 rings (SSSR count). The molecule has 0 unspecified atom stereocenters. The molecule has 14 nitrogen and oxygen atoms in total. The third-order valence-electron chi connectivity index (χ3n) is 11.1. The van der Waals surface area contributed by atoms with Gasteiger partial charge in [0.2, 0.25) is 0 Å². The molecule has 4 aromatic carbocycles. The SMILES string of the molecule is CC(C)(C)[C@@H](Nc1c(Nc2ccc(Cl)c3c2C(=O)NC3)c(=O)c1=O)c1ccc(Cl)o1.Cc1cc([C@H](Nc2c(Nc3c(F)ccc4c3C(=O)N[C@H]4C)c(=O)c2=O)C(C)(C)C)oc1C. The second kappa shape index (κ2) is 15.9. The van der Waals surface area contributed by atoms with Crippen LogP contribution in [-0.4, -0.2) is 11.8 Å². The van der Waals surface area contributed by atoms with Gasteiger partial charge in [-0.3, -0.25) is 28.8 Å². The molecule has 0 spiro atoms. The first-order valence-corrected chi connectivity index (χ1v) is 20.5. The average molecular weight is 888 g/mol. The summed E-state index contributed by atoms with van der Waals surface area (Å²) in [6.45, 7) is 17.7. The maximum Gasteiger partial charge on any atom is 0.254 e. The Bertz CT molecular complexity index is 2920. The van der Waals surface area contributed by atoms with Crippen molar-refractivity contribution in [1.29, 1.82) is 0 Å². The topological polar surface area (TPSA) is 201 Å². The number of nitrogens with one attached hydrogen (secondary N) is 6. The number of hydrogen-bond acceptors (Lipinski definition) is 12. The summed E-state index contributed by atoms with van der Waals surface area (Å²) in [5, 5.41) is 18.1. The van der Waals surface area contributed by atoms with Gasteiger partial charge >= 0.3 is 0 Å². The van der Waals surface area contributed by atoms with Gasteiger partial charge in [-0.2, -0.15) is 0 Å². The number of hydrogen-bond donors (Lipinski definition) is 6. The number of rotatable bonds is 10. The average Bonchev–Trinajstić information content (AvgIpc) is 3.97. The molecule has 4 heterocycles. The van der Waals surface area contributed by atoms with Crippen LogP contribution in [0, 0.1) is 30.5 Å². The summed E-state index contributed by atoms with van der Waals surface area (Å²) in [7, 11) is 0. The monoisotopic (exact) mass is 886 g/mol. The molecule has 62 heavy (non-hydrogen) atoms. The van der Waals surface area contributed by atoms with Crippen LogP contribution < -0.4 is 53.6 Å². The van der Waals surface area contributed by atoms with E-state index in [4.69, 9.17) is 32.0 Å². The van der Waals surface area contributed by atoms with Crippen molar-refractivity contribution in [1.82, 2.24) is 10.6 Å². The van der Waals surface area contributed by atoms with E-state index >= 15 is 0 Å². The lowest BCUT2D eigenvalue weighted by Crippen LogP contribution is -2.39. The van der Waals surface area contributed by atoms with Gasteiger partial charge in [-0.25, -0.2) is 4.39 Å². The molecule has 0 aliphatic carbocycles. The standard InChI is InChI=1S/C24H26FN3O4.C21H19Cl2N3O4/c1-10-9-15(32-12(10)3)22(24(4,5)6)28-19-18(20(29)21(19)30)27-17-14(25)8-7-13-11(2)26-23(31)16(13)17;1-21(2,3)19(12-6-7-13(23)30-12)26-16-15(17(27)18(16)28)25-11-5-4-10(22)9-8-24-20(29)14(9)11/h7-9,11,22,27-28H,1-6H3,(H,26,31);4-7,19,25-26H,8H2,1-3H3,(H,24,29)/t11-,22-;19-/m00/s1. The maximum atomic E-state index is 14.7. The Kier molecular flexibility index (Phi) is 11.3. The second-order valence-corrected chi connectivity index (χ2v) is 18.5. The minimum absolute atomic E-state index is 0.0464. The van der Waals surface area contributed by atoms with Crippen LogP contribution in [0.25, 0.3) is 0 Å². The van der Waals surface area contributed by atoms with Crippen molar-refractivity contribution in [2.75, 3.05) is 21.3 Å².